The summed E-state index contributed by atoms with van der Waals surface area (Å²) < 4.78 is 0. The first-order valence-corrected chi connectivity index (χ1v) is 7.61. The van der Waals surface area contributed by atoms with Gasteiger partial charge in [-0.15, -0.1) is 0 Å². The van der Waals surface area contributed by atoms with Crippen molar-refractivity contribution >= 4 is 0 Å². The summed E-state index contributed by atoms with van der Waals surface area (Å²) in [6.45, 7) is 12.1. The van der Waals surface area contributed by atoms with Crippen molar-refractivity contribution < 1.29 is 0 Å². The molecule has 0 radical (unpaired) electrons. The van der Waals surface area contributed by atoms with Gasteiger partial charge in [-0.1, -0.05) is 52.2 Å². The Labute approximate surface area is 108 Å². The Morgan fingerprint density at radius 3 is 2.65 bits per heavy atom. The first-order chi connectivity index (χ1) is 8.21. The maximum atomic E-state index is 4.19. The van der Waals surface area contributed by atoms with E-state index in [4.69, 9.17) is 0 Å². The zero-order valence-electron chi connectivity index (χ0n) is 12.1. The highest BCUT2D eigenvalue weighted by molar-refractivity contribution is 4.98. The molecular weight excluding hydrogens is 206 g/mol. The molecule has 0 spiro atoms. The van der Waals surface area contributed by atoms with Crippen LogP contribution in [0, 0.1) is 11.8 Å². The number of nitrogens with one attached hydrogen (secondary N) is 1. The van der Waals surface area contributed by atoms with Crippen LogP contribution in [0.3, 0.4) is 0 Å². The molecule has 1 saturated carbocycles. The molecule has 1 N–H and O–H groups in total. The van der Waals surface area contributed by atoms with Gasteiger partial charge in [-0.25, -0.2) is 0 Å². The zero-order chi connectivity index (χ0) is 12.7. The minimum absolute atomic E-state index is 0.682. The van der Waals surface area contributed by atoms with E-state index in [0.29, 0.717) is 6.04 Å². The molecule has 17 heavy (non-hydrogen) atoms. The average molecular weight is 237 g/mol. The van der Waals surface area contributed by atoms with Crippen molar-refractivity contribution in [3.05, 3.63) is 12.2 Å². The van der Waals surface area contributed by atoms with E-state index >= 15 is 0 Å². The molecule has 3 atom stereocenters. The molecule has 0 saturated heterocycles. The lowest BCUT2D eigenvalue weighted by Crippen LogP contribution is -2.38. The van der Waals surface area contributed by atoms with Gasteiger partial charge in [0.25, 0.3) is 0 Å². The van der Waals surface area contributed by atoms with E-state index in [1.54, 1.807) is 0 Å². The van der Waals surface area contributed by atoms with Crippen LogP contribution in [0.4, 0.5) is 0 Å². The van der Waals surface area contributed by atoms with Gasteiger partial charge in [0.2, 0.25) is 0 Å². The fraction of sp³-hybridized carbons (Fsp3) is 0.875. The second-order valence-electron chi connectivity index (χ2n) is 5.67. The third kappa shape index (κ3) is 4.83. The summed E-state index contributed by atoms with van der Waals surface area (Å²) in [4.78, 5) is 0. The van der Waals surface area contributed by atoms with Crippen LogP contribution in [0.1, 0.15) is 65.7 Å². The lowest BCUT2D eigenvalue weighted by Gasteiger charge is -2.35. The maximum Gasteiger partial charge on any atom is 0.0132 e. The van der Waals surface area contributed by atoms with Gasteiger partial charge in [0.05, 0.1) is 0 Å². The van der Waals surface area contributed by atoms with Gasteiger partial charge in [0, 0.05) is 6.04 Å². The number of hydrogen-bond acceptors (Lipinski definition) is 1. The van der Waals surface area contributed by atoms with E-state index in [9.17, 15) is 0 Å². The molecule has 0 aliphatic heterocycles. The smallest absolute Gasteiger partial charge is 0.0132 e. The predicted molar refractivity (Wildman–Crippen MR) is 77.3 cm³/mol. The molecule has 1 fully saturated rings. The molecule has 1 heteroatoms. The Bertz CT molecular complexity index is 222. The molecule has 1 nitrogen and oxygen atoms in total. The lowest BCUT2D eigenvalue weighted by atomic mass is 9.75. The van der Waals surface area contributed by atoms with Crippen molar-refractivity contribution in [1.82, 2.24) is 5.32 Å². The molecule has 0 amide bonds. The van der Waals surface area contributed by atoms with Crippen molar-refractivity contribution in [2.45, 2.75) is 71.8 Å². The molecule has 0 aromatic heterocycles. The van der Waals surface area contributed by atoms with Crippen LogP contribution in [0.2, 0.25) is 0 Å². The van der Waals surface area contributed by atoms with E-state index in [1.807, 2.05) is 0 Å². The Hall–Kier alpha value is -0.300. The highest BCUT2D eigenvalue weighted by Crippen LogP contribution is 2.34. The standard InChI is InChI=1S/C16H31N/c1-5-13(4)11-16(17-7-3)15-10-8-9-14(6-2)12-15/h14-17H,4-12H2,1-3H3. The third-order valence-electron chi connectivity index (χ3n) is 4.44. The second kappa shape index (κ2) is 7.92. The first-order valence-electron chi connectivity index (χ1n) is 7.61. The van der Waals surface area contributed by atoms with Gasteiger partial charge in [0.15, 0.2) is 0 Å². The molecule has 0 bridgehead atoms. The van der Waals surface area contributed by atoms with Crippen molar-refractivity contribution in [3.63, 3.8) is 0 Å². The van der Waals surface area contributed by atoms with Gasteiger partial charge in [-0.05, 0) is 44.1 Å². The largest absolute Gasteiger partial charge is 0.314 e. The SMILES string of the molecule is C=C(CC)CC(NCC)C1CCCC(CC)C1. The van der Waals surface area contributed by atoms with E-state index in [2.05, 4.69) is 32.7 Å². The van der Waals surface area contributed by atoms with Gasteiger partial charge in [-0.3, -0.25) is 0 Å². The van der Waals surface area contributed by atoms with Gasteiger partial charge < -0.3 is 5.32 Å². The predicted octanol–water partition coefficient (Wildman–Crippen LogP) is 4.54. The summed E-state index contributed by atoms with van der Waals surface area (Å²) in [5.41, 5.74) is 1.41. The number of hydrogen-bond donors (Lipinski definition) is 1. The molecule has 1 aliphatic carbocycles. The second-order valence-corrected chi connectivity index (χ2v) is 5.67. The lowest BCUT2D eigenvalue weighted by molar-refractivity contribution is 0.208. The van der Waals surface area contributed by atoms with Gasteiger partial charge in [-0.2, -0.15) is 0 Å². The summed E-state index contributed by atoms with van der Waals surface area (Å²) in [7, 11) is 0. The summed E-state index contributed by atoms with van der Waals surface area (Å²) in [5, 5.41) is 3.70. The Morgan fingerprint density at radius 1 is 1.29 bits per heavy atom. The minimum atomic E-state index is 0.682. The fourth-order valence-corrected chi connectivity index (χ4v) is 3.19. The van der Waals surface area contributed by atoms with Gasteiger partial charge >= 0.3 is 0 Å². The summed E-state index contributed by atoms with van der Waals surface area (Å²) in [6.07, 6.45) is 9.43. The van der Waals surface area contributed by atoms with Crippen LogP contribution >= 0.6 is 0 Å². The Morgan fingerprint density at radius 2 is 2.06 bits per heavy atom. The third-order valence-corrected chi connectivity index (χ3v) is 4.44. The van der Waals surface area contributed by atoms with E-state index in [1.165, 1.54) is 44.1 Å². The summed E-state index contributed by atoms with van der Waals surface area (Å²) >= 11 is 0. The normalized spacial score (nSPS) is 26.8. The molecule has 100 valence electrons. The van der Waals surface area contributed by atoms with Crippen LogP contribution in [0.5, 0.6) is 0 Å². The van der Waals surface area contributed by atoms with Crippen LogP contribution in [0.15, 0.2) is 12.2 Å². The van der Waals surface area contributed by atoms with Crippen molar-refractivity contribution in [2.24, 2.45) is 11.8 Å². The molecule has 0 heterocycles. The van der Waals surface area contributed by atoms with Crippen LogP contribution in [0.25, 0.3) is 0 Å². The molecule has 0 aromatic rings. The Balaban J connectivity index is 2.52. The maximum absolute atomic E-state index is 4.19. The van der Waals surface area contributed by atoms with E-state index < -0.39 is 0 Å². The minimum Gasteiger partial charge on any atom is -0.314 e. The quantitative estimate of drug-likeness (QED) is 0.641. The molecule has 3 unspecified atom stereocenters. The molecule has 0 aromatic carbocycles. The highest BCUT2D eigenvalue weighted by atomic mass is 14.9. The van der Waals surface area contributed by atoms with Crippen LogP contribution in [-0.4, -0.2) is 12.6 Å². The molecule has 1 aliphatic rings. The fourth-order valence-electron chi connectivity index (χ4n) is 3.19. The molecule has 1 rings (SSSR count). The van der Waals surface area contributed by atoms with Crippen LogP contribution < -0.4 is 5.32 Å². The Kier molecular flexibility index (Phi) is 6.87. The monoisotopic (exact) mass is 237 g/mol. The van der Waals surface area contributed by atoms with Crippen molar-refractivity contribution in [3.8, 4) is 0 Å². The summed E-state index contributed by atoms with van der Waals surface area (Å²) in [6, 6.07) is 0.682. The zero-order valence-corrected chi connectivity index (χ0v) is 12.1. The van der Waals surface area contributed by atoms with E-state index in [0.717, 1.165) is 24.8 Å². The molecular formula is C16H31N. The average Bonchev–Trinajstić information content (AvgIpc) is 2.38. The van der Waals surface area contributed by atoms with E-state index in [-0.39, 0.29) is 0 Å². The van der Waals surface area contributed by atoms with Crippen molar-refractivity contribution in [2.75, 3.05) is 6.54 Å². The summed E-state index contributed by atoms with van der Waals surface area (Å²) in [5.74, 6) is 1.86. The van der Waals surface area contributed by atoms with Crippen molar-refractivity contribution in [1.29, 1.82) is 0 Å². The topological polar surface area (TPSA) is 12.0 Å². The highest BCUT2D eigenvalue weighted by Gasteiger charge is 2.27. The number of rotatable bonds is 7. The van der Waals surface area contributed by atoms with Crippen LogP contribution in [-0.2, 0) is 0 Å². The first kappa shape index (κ1) is 14.8. The van der Waals surface area contributed by atoms with Gasteiger partial charge in [0.1, 0.15) is 0 Å².